The van der Waals surface area contributed by atoms with Gasteiger partial charge in [-0.2, -0.15) is 13.2 Å². The molecule has 114 valence electrons. The fourth-order valence-electron chi connectivity index (χ4n) is 1.42. The van der Waals surface area contributed by atoms with E-state index in [1.807, 2.05) is 0 Å². The molecule has 1 aromatic rings. The third kappa shape index (κ3) is 5.49. The van der Waals surface area contributed by atoms with Gasteiger partial charge in [-0.1, -0.05) is 15.9 Å². The molecule has 0 amide bonds. The number of rotatable bonds is 6. The summed E-state index contributed by atoms with van der Waals surface area (Å²) in [7, 11) is -3.67. The van der Waals surface area contributed by atoms with E-state index in [0.717, 1.165) is 12.1 Å². The minimum atomic E-state index is -4.56. The largest absolute Gasteiger partial charge is 0.417 e. The van der Waals surface area contributed by atoms with Crippen molar-refractivity contribution in [3.05, 3.63) is 28.2 Å². The first-order chi connectivity index (χ1) is 9.15. The van der Waals surface area contributed by atoms with Crippen molar-refractivity contribution in [3.8, 4) is 0 Å². The fraction of sp³-hybridized carbons (Fsp3) is 0.455. The molecule has 0 atom stereocenters. The maximum atomic E-state index is 12.7. The standard InChI is InChI=1S/C11H12BrClF3NO2S/c12-10-4-3-8(7-9(10)11(14,15)16)17-20(18,19)6-2-1-5-13/h3-4,7,17H,1-2,5-6H2. The van der Waals surface area contributed by atoms with Crippen LogP contribution in [0.25, 0.3) is 0 Å². The van der Waals surface area contributed by atoms with Gasteiger partial charge in [0.2, 0.25) is 10.0 Å². The van der Waals surface area contributed by atoms with Crippen LogP contribution in [0, 0.1) is 0 Å². The fourth-order valence-corrected chi connectivity index (χ4v) is 3.26. The lowest BCUT2D eigenvalue weighted by Crippen LogP contribution is -2.17. The van der Waals surface area contributed by atoms with Gasteiger partial charge in [0.25, 0.3) is 0 Å². The minimum absolute atomic E-state index is 0.119. The van der Waals surface area contributed by atoms with Crippen molar-refractivity contribution in [2.45, 2.75) is 19.0 Å². The highest BCUT2D eigenvalue weighted by Crippen LogP contribution is 2.36. The Labute approximate surface area is 128 Å². The molecule has 0 saturated heterocycles. The average molecular weight is 395 g/mol. The molecule has 0 aliphatic rings. The summed E-state index contributed by atoms with van der Waals surface area (Å²) in [5, 5.41) is 0. The molecule has 1 N–H and O–H groups in total. The molecule has 0 heterocycles. The van der Waals surface area contributed by atoms with Gasteiger partial charge in [0.1, 0.15) is 0 Å². The molecular formula is C11H12BrClF3NO2S. The van der Waals surface area contributed by atoms with Gasteiger partial charge < -0.3 is 0 Å². The highest BCUT2D eigenvalue weighted by atomic mass is 79.9. The van der Waals surface area contributed by atoms with E-state index in [2.05, 4.69) is 20.7 Å². The van der Waals surface area contributed by atoms with E-state index >= 15 is 0 Å². The first-order valence-electron chi connectivity index (χ1n) is 5.59. The summed E-state index contributed by atoms with van der Waals surface area (Å²) in [6.07, 6.45) is -3.68. The second-order valence-corrected chi connectivity index (χ2v) is 7.08. The molecule has 1 rings (SSSR count). The SMILES string of the molecule is O=S(=O)(CCCCCl)Nc1ccc(Br)c(C(F)(F)F)c1. The van der Waals surface area contributed by atoms with Crippen molar-refractivity contribution in [1.82, 2.24) is 0 Å². The van der Waals surface area contributed by atoms with Gasteiger partial charge in [-0.25, -0.2) is 8.42 Å². The first kappa shape index (κ1) is 17.6. The molecule has 9 heteroatoms. The molecule has 20 heavy (non-hydrogen) atoms. The van der Waals surface area contributed by atoms with Crippen molar-refractivity contribution in [3.63, 3.8) is 0 Å². The zero-order valence-electron chi connectivity index (χ0n) is 10.2. The van der Waals surface area contributed by atoms with Gasteiger partial charge in [-0.3, -0.25) is 4.72 Å². The molecule has 0 unspecified atom stereocenters. The maximum Gasteiger partial charge on any atom is 0.417 e. The summed E-state index contributed by atoms with van der Waals surface area (Å²) in [6.45, 7) is 0. The Balaban J connectivity index is 2.88. The second kappa shape index (κ2) is 7.00. The van der Waals surface area contributed by atoms with Crippen LogP contribution < -0.4 is 4.72 Å². The van der Waals surface area contributed by atoms with E-state index in [-0.39, 0.29) is 15.9 Å². The monoisotopic (exact) mass is 393 g/mol. The van der Waals surface area contributed by atoms with Gasteiger partial charge in [0.05, 0.1) is 11.3 Å². The third-order valence-electron chi connectivity index (χ3n) is 2.34. The minimum Gasteiger partial charge on any atom is -0.284 e. The van der Waals surface area contributed by atoms with Crippen molar-refractivity contribution in [2.24, 2.45) is 0 Å². The number of anilines is 1. The lowest BCUT2D eigenvalue weighted by molar-refractivity contribution is -0.138. The van der Waals surface area contributed by atoms with Crippen molar-refractivity contribution in [2.75, 3.05) is 16.4 Å². The van der Waals surface area contributed by atoms with E-state index in [9.17, 15) is 21.6 Å². The van der Waals surface area contributed by atoms with E-state index in [0.29, 0.717) is 18.7 Å². The van der Waals surface area contributed by atoms with Crippen molar-refractivity contribution in [1.29, 1.82) is 0 Å². The Morgan fingerprint density at radius 1 is 1.25 bits per heavy atom. The number of nitrogens with one attached hydrogen (secondary N) is 1. The smallest absolute Gasteiger partial charge is 0.284 e. The Morgan fingerprint density at radius 3 is 2.45 bits per heavy atom. The molecule has 0 bridgehead atoms. The summed E-state index contributed by atoms with van der Waals surface area (Å²) in [5.74, 6) is 0.156. The molecule has 3 nitrogen and oxygen atoms in total. The van der Waals surface area contributed by atoms with Gasteiger partial charge >= 0.3 is 6.18 Å². The Morgan fingerprint density at radius 2 is 1.90 bits per heavy atom. The normalized spacial score (nSPS) is 12.4. The van der Waals surface area contributed by atoms with Gasteiger partial charge in [-0.05, 0) is 31.0 Å². The molecule has 1 aromatic carbocycles. The number of alkyl halides is 4. The summed E-state index contributed by atoms with van der Waals surface area (Å²) in [4.78, 5) is 0. The molecule has 0 aliphatic heterocycles. The Kier molecular flexibility index (Phi) is 6.15. The predicted molar refractivity (Wildman–Crippen MR) is 76.5 cm³/mol. The topological polar surface area (TPSA) is 46.2 Å². The number of sulfonamides is 1. The highest BCUT2D eigenvalue weighted by molar-refractivity contribution is 9.10. The average Bonchev–Trinajstić information content (AvgIpc) is 2.30. The summed E-state index contributed by atoms with van der Waals surface area (Å²) >= 11 is 8.22. The summed E-state index contributed by atoms with van der Waals surface area (Å²) in [5.41, 5.74) is -1.05. The third-order valence-corrected chi connectivity index (χ3v) is 4.67. The van der Waals surface area contributed by atoms with Gasteiger partial charge in [-0.15, -0.1) is 11.6 Å². The maximum absolute atomic E-state index is 12.7. The van der Waals surface area contributed by atoms with E-state index in [1.165, 1.54) is 6.07 Å². The zero-order chi connectivity index (χ0) is 15.4. The van der Waals surface area contributed by atoms with Crippen molar-refractivity contribution >= 4 is 43.2 Å². The van der Waals surface area contributed by atoms with Crippen LogP contribution in [0.1, 0.15) is 18.4 Å². The predicted octanol–water partition coefficient (Wildman–Crippen LogP) is 4.23. The Bertz CT molecular complexity index is 563. The van der Waals surface area contributed by atoms with Crippen LogP contribution in [-0.4, -0.2) is 20.1 Å². The van der Waals surface area contributed by atoms with E-state index in [1.54, 1.807) is 0 Å². The number of hydrogen-bond acceptors (Lipinski definition) is 2. The lowest BCUT2D eigenvalue weighted by atomic mass is 10.2. The molecular weight excluding hydrogens is 383 g/mol. The van der Waals surface area contributed by atoms with Crippen LogP contribution in [0.4, 0.5) is 18.9 Å². The van der Waals surface area contributed by atoms with Crippen LogP contribution in [0.5, 0.6) is 0 Å². The van der Waals surface area contributed by atoms with Gasteiger partial charge in [0, 0.05) is 16.0 Å². The van der Waals surface area contributed by atoms with Crippen molar-refractivity contribution < 1.29 is 21.6 Å². The molecule has 0 spiro atoms. The van der Waals surface area contributed by atoms with E-state index in [4.69, 9.17) is 11.6 Å². The summed E-state index contributed by atoms with van der Waals surface area (Å²) < 4.78 is 63.4. The van der Waals surface area contributed by atoms with Crippen LogP contribution in [0.2, 0.25) is 0 Å². The lowest BCUT2D eigenvalue weighted by Gasteiger charge is -2.12. The molecule has 0 radical (unpaired) electrons. The van der Waals surface area contributed by atoms with E-state index < -0.39 is 21.8 Å². The molecule has 0 saturated carbocycles. The highest BCUT2D eigenvalue weighted by Gasteiger charge is 2.33. The van der Waals surface area contributed by atoms with Crippen LogP contribution in [-0.2, 0) is 16.2 Å². The number of halogens is 5. The zero-order valence-corrected chi connectivity index (χ0v) is 13.3. The second-order valence-electron chi connectivity index (χ2n) is 4.01. The number of hydrogen-bond donors (Lipinski definition) is 1. The van der Waals surface area contributed by atoms with Gasteiger partial charge in [0.15, 0.2) is 0 Å². The van der Waals surface area contributed by atoms with Crippen LogP contribution >= 0.6 is 27.5 Å². The molecule has 0 aliphatic carbocycles. The number of unbranched alkanes of at least 4 members (excludes halogenated alkanes) is 1. The first-order valence-corrected chi connectivity index (χ1v) is 8.57. The Hall–Kier alpha value is -0.470. The molecule has 0 fully saturated rings. The molecule has 0 aromatic heterocycles. The van der Waals surface area contributed by atoms with Crippen LogP contribution in [0.3, 0.4) is 0 Å². The quantitative estimate of drug-likeness (QED) is 0.580. The summed E-state index contributed by atoms with van der Waals surface area (Å²) in [6, 6.07) is 3.17. The number of benzene rings is 1. The van der Waals surface area contributed by atoms with Crippen LogP contribution in [0.15, 0.2) is 22.7 Å².